The fourth-order valence-corrected chi connectivity index (χ4v) is 4.57. The number of rotatable bonds is 7. The number of likely N-dealkylation sites (tertiary alicyclic amines) is 1. The highest BCUT2D eigenvalue weighted by molar-refractivity contribution is 5.79. The van der Waals surface area contributed by atoms with Crippen LogP contribution in [0.1, 0.15) is 42.4 Å². The number of guanidine groups is 1. The molecule has 0 unspecified atom stereocenters. The molecule has 0 spiro atoms. The molecule has 0 radical (unpaired) electrons. The molecular formula is C25H32N4O2. The van der Waals surface area contributed by atoms with Crippen LogP contribution in [0.2, 0.25) is 0 Å². The van der Waals surface area contributed by atoms with Crippen molar-refractivity contribution >= 4 is 5.96 Å². The molecule has 2 fully saturated rings. The molecule has 1 saturated carbocycles. The highest BCUT2D eigenvalue weighted by atomic mass is 16.7. The molecule has 2 N–H and O–H groups in total. The minimum atomic E-state index is 0.163. The summed E-state index contributed by atoms with van der Waals surface area (Å²) in [4.78, 5) is 6.95. The van der Waals surface area contributed by atoms with Gasteiger partial charge in [-0.25, -0.2) is 0 Å². The molecule has 31 heavy (non-hydrogen) atoms. The van der Waals surface area contributed by atoms with E-state index in [2.05, 4.69) is 56.9 Å². The lowest BCUT2D eigenvalue weighted by molar-refractivity contribution is 0.174. The lowest BCUT2D eigenvalue weighted by Gasteiger charge is -2.19. The molecule has 164 valence electrons. The molecule has 2 heterocycles. The van der Waals surface area contributed by atoms with Gasteiger partial charge in [0.15, 0.2) is 17.5 Å². The zero-order chi connectivity index (χ0) is 21.1. The molecule has 6 heteroatoms. The fourth-order valence-electron chi connectivity index (χ4n) is 4.57. The monoisotopic (exact) mass is 420 g/mol. The molecule has 1 saturated heterocycles. The average Bonchev–Trinajstić information content (AvgIpc) is 3.18. The molecular weight excluding hydrogens is 388 g/mol. The highest BCUT2D eigenvalue weighted by Gasteiger charge is 2.44. The normalized spacial score (nSPS) is 19.5. The van der Waals surface area contributed by atoms with Crippen molar-refractivity contribution in [2.75, 3.05) is 33.5 Å². The Balaban J connectivity index is 1.12. The van der Waals surface area contributed by atoms with Gasteiger partial charge in [-0.2, -0.15) is 0 Å². The minimum Gasteiger partial charge on any atom is -0.454 e. The predicted molar refractivity (Wildman–Crippen MR) is 123 cm³/mol. The molecule has 0 bridgehead atoms. The van der Waals surface area contributed by atoms with E-state index in [9.17, 15) is 0 Å². The smallest absolute Gasteiger partial charge is 0.231 e. The average molecular weight is 421 g/mol. The summed E-state index contributed by atoms with van der Waals surface area (Å²) in [6.07, 6.45) is 5.03. The summed E-state index contributed by atoms with van der Waals surface area (Å²) in [7, 11) is 1.83. The standard InChI is InChI=1S/C25H32N4O2/c1-26-24(27-15-19-4-6-20(7-5-19)16-29-12-2-3-13-29)28-17-25(10-11-25)21-8-9-22-23(14-21)31-18-30-22/h4-9,14H,2-3,10-13,15-18H2,1H3,(H2,26,27,28). The predicted octanol–water partition coefficient (Wildman–Crippen LogP) is 3.41. The quantitative estimate of drug-likeness (QED) is 0.531. The summed E-state index contributed by atoms with van der Waals surface area (Å²) in [6.45, 7) is 5.48. The number of nitrogens with one attached hydrogen (secondary N) is 2. The van der Waals surface area contributed by atoms with Gasteiger partial charge in [-0.15, -0.1) is 0 Å². The zero-order valence-corrected chi connectivity index (χ0v) is 18.3. The second-order valence-electron chi connectivity index (χ2n) is 8.93. The third kappa shape index (κ3) is 4.64. The molecule has 5 rings (SSSR count). The van der Waals surface area contributed by atoms with E-state index in [4.69, 9.17) is 9.47 Å². The van der Waals surface area contributed by atoms with Crippen LogP contribution in [-0.2, 0) is 18.5 Å². The van der Waals surface area contributed by atoms with Gasteiger partial charge >= 0.3 is 0 Å². The van der Waals surface area contributed by atoms with Crippen molar-refractivity contribution in [3.63, 3.8) is 0 Å². The summed E-state index contributed by atoms with van der Waals surface area (Å²) in [5.74, 6) is 2.55. The first kappa shape index (κ1) is 20.2. The molecule has 3 aliphatic rings. The minimum absolute atomic E-state index is 0.163. The van der Waals surface area contributed by atoms with Crippen LogP contribution < -0.4 is 20.1 Å². The van der Waals surface area contributed by atoms with Crippen molar-refractivity contribution in [2.45, 2.75) is 44.2 Å². The molecule has 1 aliphatic carbocycles. The summed E-state index contributed by atoms with van der Waals surface area (Å²) in [5, 5.41) is 6.98. The number of nitrogens with zero attached hydrogens (tertiary/aromatic N) is 2. The molecule has 0 amide bonds. The summed E-state index contributed by atoms with van der Waals surface area (Å²) in [6, 6.07) is 15.3. The van der Waals surface area contributed by atoms with E-state index < -0.39 is 0 Å². The van der Waals surface area contributed by atoms with Gasteiger partial charge in [0, 0.05) is 32.1 Å². The molecule has 0 aromatic heterocycles. The van der Waals surface area contributed by atoms with Crippen LogP contribution in [0.5, 0.6) is 11.5 Å². The SMILES string of the molecule is CN=C(NCc1ccc(CN2CCCC2)cc1)NCC1(c2ccc3c(c2)OCO3)CC1. The van der Waals surface area contributed by atoms with Crippen molar-refractivity contribution in [3.8, 4) is 11.5 Å². The van der Waals surface area contributed by atoms with Crippen LogP contribution >= 0.6 is 0 Å². The highest BCUT2D eigenvalue weighted by Crippen LogP contribution is 2.49. The maximum atomic E-state index is 5.56. The van der Waals surface area contributed by atoms with Crippen LogP contribution in [0.25, 0.3) is 0 Å². The van der Waals surface area contributed by atoms with E-state index in [-0.39, 0.29) is 5.41 Å². The molecule has 2 aromatic carbocycles. The Morgan fingerprint density at radius 1 is 0.968 bits per heavy atom. The van der Waals surface area contributed by atoms with Gasteiger partial charge in [0.25, 0.3) is 0 Å². The van der Waals surface area contributed by atoms with Gasteiger partial charge in [0.1, 0.15) is 0 Å². The second-order valence-corrected chi connectivity index (χ2v) is 8.93. The zero-order valence-electron chi connectivity index (χ0n) is 18.3. The Morgan fingerprint density at radius 2 is 1.71 bits per heavy atom. The largest absolute Gasteiger partial charge is 0.454 e. The van der Waals surface area contributed by atoms with Crippen LogP contribution in [0.3, 0.4) is 0 Å². The summed E-state index contributed by atoms with van der Waals surface area (Å²) in [5.41, 5.74) is 4.14. The first-order valence-corrected chi connectivity index (χ1v) is 11.4. The number of hydrogen-bond donors (Lipinski definition) is 2. The fraction of sp³-hybridized carbons (Fsp3) is 0.480. The van der Waals surface area contributed by atoms with Crippen LogP contribution in [-0.4, -0.2) is 44.3 Å². The number of benzene rings is 2. The van der Waals surface area contributed by atoms with Crippen LogP contribution in [0, 0.1) is 0 Å². The number of fused-ring (bicyclic) bond motifs is 1. The third-order valence-corrected chi connectivity index (χ3v) is 6.74. The molecule has 2 aromatic rings. The summed E-state index contributed by atoms with van der Waals surface area (Å²) >= 11 is 0. The van der Waals surface area contributed by atoms with Gasteiger partial charge in [-0.1, -0.05) is 30.3 Å². The van der Waals surface area contributed by atoms with Crippen LogP contribution in [0.4, 0.5) is 0 Å². The molecule has 2 aliphatic heterocycles. The Morgan fingerprint density at radius 3 is 2.45 bits per heavy atom. The molecule has 0 atom stereocenters. The first-order valence-electron chi connectivity index (χ1n) is 11.4. The van der Waals surface area contributed by atoms with Gasteiger partial charge in [-0.05, 0) is 67.6 Å². The van der Waals surface area contributed by atoms with Crippen molar-refractivity contribution < 1.29 is 9.47 Å². The summed E-state index contributed by atoms with van der Waals surface area (Å²) < 4.78 is 11.0. The van der Waals surface area contributed by atoms with Crippen LogP contribution in [0.15, 0.2) is 47.5 Å². The lowest BCUT2D eigenvalue weighted by Crippen LogP contribution is -2.40. The first-order chi connectivity index (χ1) is 15.2. The van der Waals surface area contributed by atoms with E-state index >= 15 is 0 Å². The maximum Gasteiger partial charge on any atom is 0.231 e. The van der Waals surface area contributed by atoms with E-state index in [0.29, 0.717) is 6.79 Å². The lowest BCUT2D eigenvalue weighted by atomic mass is 9.95. The van der Waals surface area contributed by atoms with Gasteiger partial charge in [0.2, 0.25) is 6.79 Å². The molecule has 6 nitrogen and oxygen atoms in total. The Bertz CT molecular complexity index is 931. The Labute approximate surface area is 184 Å². The number of hydrogen-bond acceptors (Lipinski definition) is 4. The van der Waals surface area contributed by atoms with Crippen molar-refractivity contribution in [2.24, 2.45) is 4.99 Å². The Hall–Kier alpha value is -2.73. The van der Waals surface area contributed by atoms with Gasteiger partial charge < -0.3 is 20.1 Å². The number of ether oxygens (including phenoxy) is 2. The topological polar surface area (TPSA) is 58.1 Å². The van der Waals surface area contributed by atoms with Gasteiger partial charge in [0.05, 0.1) is 0 Å². The van der Waals surface area contributed by atoms with Crippen molar-refractivity contribution in [1.82, 2.24) is 15.5 Å². The van der Waals surface area contributed by atoms with E-state index in [1.54, 1.807) is 0 Å². The van der Waals surface area contributed by atoms with E-state index in [1.165, 1.54) is 55.5 Å². The van der Waals surface area contributed by atoms with E-state index in [1.807, 2.05) is 13.1 Å². The van der Waals surface area contributed by atoms with E-state index in [0.717, 1.165) is 37.1 Å². The van der Waals surface area contributed by atoms with Gasteiger partial charge in [-0.3, -0.25) is 9.89 Å². The second kappa shape index (κ2) is 8.79. The third-order valence-electron chi connectivity index (χ3n) is 6.74. The Kier molecular flexibility index (Phi) is 5.72. The number of aliphatic imine (C=N–C) groups is 1. The maximum absolute atomic E-state index is 5.56. The van der Waals surface area contributed by atoms with Crippen molar-refractivity contribution in [3.05, 3.63) is 59.2 Å². The van der Waals surface area contributed by atoms with Crippen molar-refractivity contribution in [1.29, 1.82) is 0 Å².